The molecule has 1 fully saturated rings. The molecule has 2 atom stereocenters. The van der Waals surface area contributed by atoms with Crippen LogP contribution in [-0.2, 0) is 4.79 Å². The summed E-state index contributed by atoms with van der Waals surface area (Å²) >= 11 is 1.84. The predicted octanol–water partition coefficient (Wildman–Crippen LogP) is 2.19. The van der Waals surface area contributed by atoms with Gasteiger partial charge in [-0.1, -0.05) is 23.8 Å². The van der Waals surface area contributed by atoms with Crippen LogP contribution in [0.25, 0.3) is 0 Å². The van der Waals surface area contributed by atoms with Crippen molar-refractivity contribution in [1.29, 1.82) is 0 Å². The third-order valence-electron chi connectivity index (χ3n) is 3.49. The van der Waals surface area contributed by atoms with Gasteiger partial charge in [-0.05, 0) is 31.9 Å². The summed E-state index contributed by atoms with van der Waals surface area (Å²) in [5, 5.41) is 6.38. The highest BCUT2D eigenvalue weighted by Gasteiger charge is 2.22. The van der Waals surface area contributed by atoms with E-state index in [4.69, 9.17) is 0 Å². The zero-order valence-corrected chi connectivity index (χ0v) is 12.6. The van der Waals surface area contributed by atoms with Crippen LogP contribution in [-0.4, -0.2) is 30.0 Å². The molecular formula is C15H22N2OS. The van der Waals surface area contributed by atoms with E-state index in [9.17, 15) is 4.79 Å². The van der Waals surface area contributed by atoms with Crippen LogP contribution in [0.4, 0.5) is 0 Å². The van der Waals surface area contributed by atoms with Crippen molar-refractivity contribution in [2.75, 3.05) is 18.1 Å². The third-order valence-corrected chi connectivity index (χ3v) is 4.55. The van der Waals surface area contributed by atoms with E-state index in [2.05, 4.69) is 42.7 Å². The fraction of sp³-hybridized carbons (Fsp3) is 0.533. The van der Waals surface area contributed by atoms with E-state index in [-0.39, 0.29) is 18.0 Å². The summed E-state index contributed by atoms with van der Waals surface area (Å²) in [4.78, 5) is 12.2. The van der Waals surface area contributed by atoms with Crippen molar-refractivity contribution in [2.45, 2.75) is 32.9 Å². The first-order chi connectivity index (χ1) is 9.08. The van der Waals surface area contributed by atoms with Crippen LogP contribution < -0.4 is 10.6 Å². The summed E-state index contributed by atoms with van der Waals surface area (Å²) in [7, 11) is 0. The molecular weight excluding hydrogens is 256 g/mol. The molecule has 2 N–H and O–H groups in total. The van der Waals surface area contributed by atoms with Gasteiger partial charge in [0.25, 0.3) is 0 Å². The van der Waals surface area contributed by atoms with Crippen molar-refractivity contribution in [3.05, 3.63) is 34.9 Å². The standard InChI is InChI=1S/C15H22N2OS/c1-10-4-5-13(11(2)8-10)12(3)17-15(18)14-9-19-7-6-16-14/h4-5,8,12,14,16H,6-7,9H2,1-3H3,(H,17,18). The van der Waals surface area contributed by atoms with Gasteiger partial charge in [0.15, 0.2) is 0 Å². The lowest BCUT2D eigenvalue weighted by atomic mass is 10.00. The molecule has 1 aliphatic rings. The van der Waals surface area contributed by atoms with E-state index < -0.39 is 0 Å². The number of rotatable bonds is 3. The van der Waals surface area contributed by atoms with Crippen LogP contribution in [0.5, 0.6) is 0 Å². The zero-order chi connectivity index (χ0) is 13.8. The van der Waals surface area contributed by atoms with Gasteiger partial charge in [-0.3, -0.25) is 4.79 Å². The maximum atomic E-state index is 12.2. The molecule has 0 bridgehead atoms. The van der Waals surface area contributed by atoms with Gasteiger partial charge in [0.05, 0.1) is 12.1 Å². The Bertz CT molecular complexity index is 455. The first kappa shape index (κ1) is 14.4. The van der Waals surface area contributed by atoms with Gasteiger partial charge < -0.3 is 10.6 Å². The van der Waals surface area contributed by atoms with Crippen LogP contribution in [0.15, 0.2) is 18.2 Å². The molecule has 1 saturated heterocycles. The number of thioether (sulfide) groups is 1. The topological polar surface area (TPSA) is 41.1 Å². The number of aryl methyl sites for hydroxylation is 2. The molecule has 1 heterocycles. The number of amides is 1. The largest absolute Gasteiger partial charge is 0.348 e. The number of benzene rings is 1. The van der Waals surface area contributed by atoms with E-state index >= 15 is 0 Å². The minimum atomic E-state index is -0.0491. The lowest BCUT2D eigenvalue weighted by Gasteiger charge is -2.25. The Balaban J connectivity index is 1.99. The highest BCUT2D eigenvalue weighted by atomic mass is 32.2. The zero-order valence-electron chi connectivity index (χ0n) is 11.8. The highest BCUT2D eigenvalue weighted by molar-refractivity contribution is 7.99. The maximum absolute atomic E-state index is 12.2. The van der Waals surface area contributed by atoms with Crippen LogP contribution in [0, 0.1) is 13.8 Å². The average Bonchev–Trinajstić information content (AvgIpc) is 2.39. The Hall–Kier alpha value is -1.00. The summed E-state index contributed by atoms with van der Waals surface area (Å²) < 4.78 is 0. The number of hydrogen-bond acceptors (Lipinski definition) is 3. The number of hydrogen-bond donors (Lipinski definition) is 2. The van der Waals surface area contributed by atoms with Gasteiger partial charge in [-0.25, -0.2) is 0 Å². The molecule has 2 unspecified atom stereocenters. The highest BCUT2D eigenvalue weighted by Crippen LogP contribution is 2.19. The Labute approximate surface area is 119 Å². The molecule has 0 radical (unpaired) electrons. The van der Waals surface area contributed by atoms with Gasteiger partial charge in [0, 0.05) is 18.1 Å². The minimum Gasteiger partial charge on any atom is -0.348 e. The third kappa shape index (κ3) is 3.74. The Morgan fingerprint density at radius 3 is 2.89 bits per heavy atom. The molecule has 4 heteroatoms. The van der Waals surface area contributed by atoms with E-state index in [1.54, 1.807) is 0 Å². The lowest BCUT2D eigenvalue weighted by molar-refractivity contribution is -0.123. The monoisotopic (exact) mass is 278 g/mol. The SMILES string of the molecule is Cc1ccc(C(C)NC(=O)C2CSCCN2)c(C)c1. The first-order valence-electron chi connectivity index (χ1n) is 6.76. The quantitative estimate of drug-likeness (QED) is 0.890. The van der Waals surface area contributed by atoms with Crippen LogP contribution in [0.2, 0.25) is 0 Å². The van der Waals surface area contributed by atoms with Gasteiger partial charge >= 0.3 is 0 Å². The second kappa shape index (κ2) is 6.44. The van der Waals surface area contributed by atoms with Crippen molar-refractivity contribution < 1.29 is 4.79 Å². The molecule has 0 aliphatic carbocycles. The van der Waals surface area contributed by atoms with Crippen molar-refractivity contribution >= 4 is 17.7 Å². The van der Waals surface area contributed by atoms with Gasteiger partial charge in [0.1, 0.15) is 0 Å². The van der Waals surface area contributed by atoms with Crippen LogP contribution in [0.1, 0.15) is 29.7 Å². The van der Waals surface area contributed by atoms with Gasteiger partial charge in [-0.15, -0.1) is 0 Å². The molecule has 2 rings (SSSR count). The predicted molar refractivity (Wildman–Crippen MR) is 81.6 cm³/mol. The first-order valence-corrected chi connectivity index (χ1v) is 7.92. The fourth-order valence-electron chi connectivity index (χ4n) is 2.44. The Kier molecular flexibility index (Phi) is 4.88. The smallest absolute Gasteiger partial charge is 0.238 e. The van der Waals surface area contributed by atoms with Crippen molar-refractivity contribution in [3.63, 3.8) is 0 Å². The molecule has 0 spiro atoms. The normalized spacial score (nSPS) is 20.9. The second-order valence-corrected chi connectivity index (χ2v) is 6.32. The Morgan fingerprint density at radius 2 is 2.26 bits per heavy atom. The summed E-state index contributed by atoms with van der Waals surface area (Å²) in [5.41, 5.74) is 3.69. The average molecular weight is 278 g/mol. The Morgan fingerprint density at radius 1 is 1.47 bits per heavy atom. The molecule has 0 saturated carbocycles. The van der Waals surface area contributed by atoms with E-state index in [0.29, 0.717) is 0 Å². The maximum Gasteiger partial charge on any atom is 0.238 e. The lowest BCUT2D eigenvalue weighted by Crippen LogP contribution is -2.49. The second-order valence-electron chi connectivity index (χ2n) is 5.17. The summed E-state index contributed by atoms with van der Waals surface area (Å²) in [6, 6.07) is 6.37. The fourth-order valence-corrected chi connectivity index (χ4v) is 3.37. The number of carbonyl (C=O) groups excluding carboxylic acids is 1. The van der Waals surface area contributed by atoms with Crippen LogP contribution >= 0.6 is 11.8 Å². The van der Waals surface area contributed by atoms with Gasteiger partial charge in [0.2, 0.25) is 5.91 Å². The van der Waals surface area contributed by atoms with E-state index in [1.165, 1.54) is 16.7 Å². The molecule has 0 aromatic heterocycles. The molecule has 1 aromatic carbocycles. The summed E-state index contributed by atoms with van der Waals surface area (Å²) in [6.45, 7) is 7.15. The molecule has 1 aliphatic heterocycles. The van der Waals surface area contributed by atoms with Crippen molar-refractivity contribution in [2.24, 2.45) is 0 Å². The summed E-state index contributed by atoms with van der Waals surface area (Å²) in [5.74, 6) is 2.07. The molecule has 1 aromatic rings. The number of nitrogens with one attached hydrogen (secondary N) is 2. The molecule has 1 amide bonds. The van der Waals surface area contributed by atoms with E-state index in [1.807, 2.05) is 18.7 Å². The molecule has 104 valence electrons. The van der Waals surface area contributed by atoms with Crippen molar-refractivity contribution in [3.8, 4) is 0 Å². The van der Waals surface area contributed by atoms with Crippen LogP contribution in [0.3, 0.4) is 0 Å². The molecule has 19 heavy (non-hydrogen) atoms. The molecule has 3 nitrogen and oxygen atoms in total. The van der Waals surface area contributed by atoms with Gasteiger partial charge in [-0.2, -0.15) is 11.8 Å². The number of carbonyl (C=O) groups is 1. The van der Waals surface area contributed by atoms with Crippen molar-refractivity contribution in [1.82, 2.24) is 10.6 Å². The summed E-state index contributed by atoms with van der Waals surface area (Å²) in [6.07, 6.45) is 0. The minimum absolute atomic E-state index is 0.0491. The van der Waals surface area contributed by atoms with E-state index in [0.717, 1.165) is 18.1 Å².